The topological polar surface area (TPSA) is 85.9 Å². The lowest BCUT2D eigenvalue weighted by molar-refractivity contribution is -0.139. The van der Waals surface area contributed by atoms with Crippen LogP contribution >= 0.6 is 15.9 Å². The number of hydrogen-bond donors (Lipinski definition) is 2. The number of halogens is 1. The molecule has 0 unspecified atom stereocenters. The fourth-order valence-electron chi connectivity index (χ4n) is 2.56. The number of amides is 2. The Morgan fingerprint density at radius 3 is 2.68 bits per heavy atom. The maximum Gasteiger partial charge on any atom is 0.338 e. The third-order valence-corrected chi connectivity index (χ3v) is 4.31. The first-order valence-corrected chi connectivity index (χ1v) is 8.87. The standard InChI is InChI=1S/C17H21BrN2O5/c1-10-14(16(21)25-8-4-7-18)15(20-17(22)19-10)12-9-11(23-2)5-6-13(12)24-3/h5-6,9,15H,4,7-8H2,1-3H3,(H2,19,20,22)/t15-/m0/s1. The number of ether oxygens (including phenoxy) is 3. The summed E-state index contributed by atoms with van der Waals surface area (Å²) in [4.78, 5) is 24.5. The van der Waals surface area contributed by atoms with E-state index in [4.69, 9.17) is 14.2 Å². The number of esters is 1. The third kappa shape index (κ3) is 4.45. The van der Waals surface area contributed by atoms with Crippen LogP contribution in [0, 0.1) is 0 Å². The Kier molecular flexibility index (Phi) is 6.69. The lowest BCUT2D eigenvalue weighted by atomic mass is 9.94. The first-order valence-electron chi connectivity index (χ1n) is 7.75. The molecule has 0 fully saturated rings. The molecule has 136 valence electrons. The summed E-state index contributed by atoms with van der Waals surface area (Å²) in [6, 6.07) is 4.11. The van der Waals surface area contributed by atoms with Crippen LogP contribution < -0.4 is 20.1 Å². The van der Waals surface area contributed by atoms with Crippen molar-refractivity contribution in [3.63, 3.8) is 0 Å². The lowest BCUT2D eigenvalue weighted by Gasteiger charge is -2.29. The maximum absolute atomic E-state index is 12.6. The van der Waals surface area contributed by atoms with Crippen molar-refractivity contribution in [3.8, 4) is 11.5 Å². The predicted octanol–water partition coefficient (Wildman–Crippen LogP) is 2.66. The van der Waals surface area contributed by atoms with Crippen molar-refractivity contribution in [2.24, 2.45) is 0 Å². The molecule has 1 aliphatic rings. The Hall–Kier alpha value is -2.22. The van der Waals surface area contributed by atoms with Gasteiger partial charge in [-0.1, -0.05) is 15.9 Å². The number of urea groups is 1. The molecule has 1 heterocycles. The van der Waals surface area contributed by atoms with Gasteiger partial charge in [0.2, 0.25) is 0 Å². The smallest absolute Gasteiger partial charge is 0.338 e. The van der Waals surface area contributed by atoms with E-state index >= 15 is 0 Å². The molecule has 2 amide bonds. The van der Waals surface area contributed by atoms with Crippen LogP contribution in [-0.4, -0.2) is 38.2 Å². The van der Waals surface area contributed by atoms with Gasteiger partial charge in [0.05, 0.1) is 32.4 Å². The van der Waals surface area contributed by atoms with Crippen molar-refractivity contribution >= 4 is 27.9 Å². The van der Waals surface area contributed by atoms with Crippen molar-refractivity contribution in [1.82, 2.24) is 10.6 Å². The van der Waals surface area contributed by atoms with E-state index in [1.807, 2.05) is 0 Å². The van der Waals surface area contributed by atoms with Crippen molar-refractivity contribution in [2.75, 3.05) is 26.2 Å². The Morgan fingerprint density at radius 2 is 2.04 bits per heavy atom. The number of alkyl halides is 1. The zero-order valence-corrected chi connectivity index (χ0v) is 15.9. The van der Waals surface area contributed by atoms with E-state index in [1.54, 1.807) is 32.2 Å². The van der Waals surface area contributed by atoms with Crippen molar-refractivity contribution in [2.45, 2.75) is 19.4 Å². The highest BCUT2D eigenvalue weighted by atomic mass is 79.9. The number of carbonyl (C=O) groups excluding carboxylic acids is 2. The molecule has 0 saturated heterocycles. The molecule has 0 bridgehead atoms. The van der Waals surface area contributed by atoms with Crippen molar-refractivity contribution < 1.29 is 23.8 Å². The average Bonchev–Trinajstić information content (AvgIpc) is 2.60. The highest BCUT2D eigenvalue weighted by Gasteiger charge is 2.34. The SMILES string of the molecule is COc1ccc(OC)c([C@@H]2NC(=O)NC(C)=C2C(=O)OCCCBr)c1. The zero-order chi connectivity index (χ0) is 18.4. The van der Waals surface area contributed by atoms with Gasteiger partial charge in [0.15, 0.2) is 0 Å². The number of benzene rings is 1. The number of allylic oxidation sites excluding steroid dienone is 1. The summed E-state index contributed by atoms with van der Waals surface area (Å²) < 4.78 is 16.0. The van der Waals surface area contributed by atoms with E-state index in [9.17, 15) is 9.59 Å². The van der Waals surface area contributed by atoms with E-state index < -0.39 is 18.0 Å². The van der Waals surface area contributed by atoms with Crippen LogP contribution in [0.3, 0.4) is 0 Å². The third-order valence-electron chi connectivity index (χ3n) is 3.75. The molecule has 7 nitrogen and oxygen atoms in total. The second-order valence-electron chi connectivity index (χ2n) is 5.36. The minimum Gasteiger partial charge on any atom is -0.497 e. The van der Waals surface area contributed by atoms with Gasteiger partial charge in [0.1, 0.15) is 11.5 Å². The molecule has 2 rings (SSSR count). The molecular weight excluding hydrogens is 392 g/mol. The van der Waals surface area contributed by atoms with Crippen LogP contribution in [-0.2, 0) is 9.53 Å². The Balaban J connectivity index is 2.44. The number of rotatable bonds is 7. The number of hydrogen-bond acceptors (Lipinski definition) is 5. The number of carbonyl (C=O) groups is 2. The molecule has 8 heteroatoms. The van der Waals surface area contributed by atoms with Gasteiger partial charge in [-0.2, -0.15) is 0 Å². The van der Waals surface area contributed by atoms with Gasteiger partial charge in [-0.05, 0) is 31.5 Å². The highest BCUT2D eigenvalue weighted by Crippen LogP contribution is 2.35. The molecule has 2 N–H and O–H groups in total. The Morgan fingerprint density at radius 1 is 1.28 bits per heavy atom. The zero-order valence-electron chi connectivity index (χ0n) is 14.3. The van der Waals surface area contributed by atoms with Crippen LogP contribution in [0.25, 0.3) is 0 Å². The fourth-order valence-corrected chi connectivity index (χ4v) is 2.79. The van der Waals surface area contributed by atoms with Crippen LogP contribution in [0.4, 0.5) is 4.79 Å². The second-order valence-corrected chi connectivity index (χ2v) is 6.15. The Labute approximate surface area is 154 Å². The van der Waals surface area contributed by atoms with Crippen LogP contribution in [0.15, 0.2) is 29.5 Å². The van der Waals surface area contributed by atoms with E-state index in [-0.39, 0.29) is 6.61 Å². The molecule has 0 radical (unpaired) electrons. The quantitative estimate of drug-likeness (QED) is 0.408. The predicted molar refractivity (Wildman–Crippen MR) is 96.0 cm³/mol. The van der Waals surface area contributed by atoms with Crippen molar-refractivity contribution in [1.29, 1.82) is 0 Å². The van der Waals surface area contributed by atoms with Gasteiger partial charge in [0.25, 0.3) is 0 Å². The van der Waals surface area contributed by atoms with E-state index in [1.165, 1.54) is 7.11 Å². The highest BCUT2D eigenvalue weighted by molar-refractivity contribution is 9.09. The first kappa shape index (κ1) is 19.1. The largest absolute Gasteiger partial charge is 0.497 e. The normalized spacial score (nSPS) is 16.8. The van der Waals surface area contributed by atoms with E-state index in [2.05, 4.69) is 26.6 Å². The molecule has 0 spiro atoms. The van der Waals surface area contributed by atoms with Gasteiger partial charge in [0, 0.05) is 16.6 Å². The van der Waals surface area contributed by atoms with Gasteiger partial charge >= 0.3 is 12.0 Å². The molecule has 0 aromatic heterocycles. The average molecular weight is 413 g/mol. The molecule has 1 aromatic rings. The van der Waals surface area contributed by atoms with Crippen LogP contribution in [0.5, 0.6) is 11.5 Å². The maximum atomic E-state index is 12.6. The summed E-state index contributed by atoms with van der Waals surface area (Å²) in [5, 5.41) is 6.11. The number of nitrogens with one attached hydrogen (secondary N) is 2. The summed E-state index contributed by atoms with van der Waals surface area (Å²) in [5.41, 5.74) is 1.40. The molecule has 1 atom stereocenters. The lowest BCUT2D eigenvalue weighted by Crippen LogP contribution is -2.45. The summed E-state index contributed by atoms with van der Waals surface area (Å²) in [6.07, 6.45) is 0.699. The first-order chi connectivity index (χ1) is 12.0. The van der Waals surface area contributed by atoms with E-state index in [0.717, 1.165) is 5.33 Å². The fraction of sp³-hybridized carbons (Fsp3) is 0.412. The summed E-state index contributed by atoms with van der Waals surface area (Å²) in [5.74, 6) is 0.639. The summed E-state index contributed by atoms with van der Waals surface area (Å²) in [6.45, 7) is 1.95. The minimum atomic E-state index is -0.699. The van der Waals surface area contributed by atoms with Gasteiger partial charge in [-0.25, -0.2) is 9.59 Å². The van der Waals surface area contributed by atoms with Crippen molar-refractivity contribution in [3.05, 3.63) is 35.0 Å². The molecule has 0 saturated carbocycles. The van der Waals surface area contributed by atoms with Gasteiger partial charge < -0.3 is 24.8 Å². The van der Waals surface area contributed by atoms with Crippen LogP contribution in [0.1, 0.15) is 24.9 Å². The summed E-state index contributed by atoms with van der Waals surface area (Å²) >= 11 is 3.30. The second kappa shape index (κ2) is 8.75. The molecule has 25 heavy (non-hydrogen) atoms. The molecular formula is C17H21BrN2O5. The Bertz CT molecular complexity index is 690. The monoisotopic (exact) mass is 412 g/mol. The van der Waals surface area contributed by atoms with Gasteiger partial charge in [-0.15, -0.1) is 0 Å². The number of methoxy groups -OCH3 is 2. The molecule has 1 aliphatic heterocycles. The van der Waals surface area contributed by atoms with Gasteiger partial charge in [-0.3, -0.25) is 0 Å². The minimum absolute atomic E-state index is 0.288. The molecule has 0 aliphatic carbocycles. The van der Waals surface area contributed by atoms with E-state index in [0.29, 0.717) is 34.8 Å². The van der Waals surface area contributed by atoms with Crippen LogP contribution in [0.2, 0.25) is 0 Å². The molecule has 1 aromatic carbocycles. The summed E-state index contributed by atoms with van der Waals surface area (Å²) in [7, 11) is 3.07.